The molecule has 0 atom stereocenters. The number of H-pyrrole nitrogens is 1. The Labute approximate surface area is 86.1 Å². The van der Waals surface area contributed by atoms with E-state index < -0.39 is 0 Å². The van der Waals surface area contributed by atoms with Gasteiger partial charge < -0.3 is 5.32 Å². The molecule has 2 aromatic heterocycles. The van der Waals surface area contributed by atoms with Crippen molar-refractivity contribution in [3.05, 3.63) is 12.2 Å². The van der Waals surface area contributed by atoms with E-state index in [0.717, 1.165) is 25.2 Å². The molecule has 0 aliphatic heterocycles. The number of rotatable bonds is 5. The van der Waals surface area contributed by atoms with Crippen molar-refractivity contribution in [2.75, 3.05) is 11.9 Å². The summed E-state index contributed by atoms with van der Waals surface area (Å²) in [4.78, 5) is 4.03. The van der Waals surface area contributed by atoms with Crippen molar-refractivity contribution in [3.63, 3.8) is 0 Å². The van der Waals surface area contributed by atoms with Crippen LogP contribution in [0.3, 0.4) is 0 Å². The van der Waals surface area contributed by atoms with Crippen molar-refractivity contribution >= 4 is 5.95 Å². The molecule has 0 unspecified atom stereocenters. The average molecular weight is 208 g/mol. The van der Waals surface area contributed by atoms with Crippen LogP contribution >= 0.6 is 0 Å². The second kappa shape index (κ2) is 4.49. The van der Waals surface area contributed by atoms with Crippen LogP contribution in [0.5, 0.6) is 0 Å². The number of nitrogens with one attached hydrogen (secondary N) is 2. The van der Waals surface area contributed by atoms with Gasteiger partial charge in [0.1, 0.15) is 12.2 Å². The van der Waals surface area contributed by atoms with Crippen molar-refractivity contribution in [3.8, 4) is 0 Å². The molecule has 15 heavy (non-hydrogen) atoms. The molecule has 0 aromatic carbocycles. The Morgan fingerprint density at radius 1 is 1.53 bits per heavy atom. The highest BCUT2D eigenvalue weighted by Gasteiger charge is 2.00. The van der Waals surface area contributed by atoms with Crippen LogP contribution < -0.4 is 5.32 Å². The Balaban J connectivity index is 1.70. The minimum absolute atomic E-state index is 0.674. The van der Waals surface area contributed by atoms with Crippen LogP contribution in [-0.2, 0) is 13.5 Å². The molecule has 0 amide bonds. The number of aromatic amines is 1. The Hall–Kier alpha value is -1.99. The third kappa shape index (κ3) is 2.48. The van der Waals surface area contributed by atoms with Gasteiger partial charge in [-0.2, -0.15) is 5.10 Å². The fraction of sp³-hybridized carbons (Fsp3) is 0.571. The first-order valence-corrected chi connectivity index (χ1v) is 4.67. The van der Waals surface area contributed by atoms with Gasteiger partial charge in [-0.3, -0.25) is 5.10 Å². The van der Waals surface area contributed by atoms with E-state index in [4.69, 9.17) is 0 Å². The number of anilines is 1. The third-order valence-electron chi connectivity index (χ3n) is 1.96. The zero-order chi connectivity index (χ0) is 10.5. The topological polar surface area (TPSA) is 97.2 Å². The van der Waals surface area contributed by atoms with Gasteiger partial charge in [-0.15, -0.1) is 0 Å². The molecule has 0 spiro atoms. The Morgan fingerprint density at radius 3 is 3.13 bits per heavy atom. The van der Waals surface area contributed by atoms with Gasteiger partial charge in [-0.05, 0) is 16.8 Å². The number of aromatic nitrogens is 7. The molecular formula is C7H12N8. The van der Waals surface area contributed by atoms with Gasteiger partial charge in [0, 0.05) is 20.0 Å². The van der Waals surface area contributed by atoms with Crippen LogP contribution in [0.1, 0.15) is 12.2 Å². The second-order valence-corrected chi connectivity index (χ2v) is 3.09. The molecule has 2 aromatic rings. The van der Waals surface area contributed by atoms with Gasteiger partial charge in [0.25, 0.3) is 0 Å². The maximum Gasteiger partial charge on any atom is 0.242 e. The molecule has 0 saturated heterocycles. The lowest BCUT2D eigenvalue weighted by molar-refractivity contribution is 0.709. The molecule has 8 heteroatoms. The lowest BCUT2D eigenvalue weighted by Gasteiger charge is -2.01. The first-order chi connectivity index (χ1) is 7.36. The van der Waals surface area contributed by atoms with Crippen LogP contribution in [0.4, 0.5) is 5.95 Å². The minimum Gasteiger partial charge on any atom is -0.353 e. The maximum atomic E-state index is 4.03. The predicted molar refractivity (Wildman–Crippen MR) is 52.0 cm³/mol. The molecule has 2 N–H and O–H groups in total. The van der Waals surface area contributed by atoms with E-state index in [9.17, 15) is 0 Å². The third-order valence-corrected chi connectivity index (χ3v) is 1.96. The molecule has 0 bridgehead atoms. The zero-order valence-electron chi connectivity index (χ0n) is 8.38. The van der Waals surface area contributed by atoms with Gasteiger partial charge in [0.05, 0.1) is 0 Å². The summed E-state index contributed by atoms with van der Waals surface area (Å²) in [6.45, 7) is 0.801. The molecule has 0 radical (unpaired) electrons. The van der Waals surface area contributed by atoms with Crippen LogP contribution in [0.15, 0.2) is 6.33 Å². The normalized spacial score (nSPS) is 10.5. The summed E-state index contributed by atoms with van der Waals surface area (Å²) in [6.07, 6.45) is 3.32. The zero-order valence-corrected chi connectivity index (χ0v) is 8.38. The molecule has 2 heterocycles. The van der Waals surface area contributed by atoms with Crippen molar-refractivity contribution in [2.45, 2.75) is 12.8 Å². The van der Waals surface area contributed by atoms with Gasteiger partial charge >= 0.3 is 0 Å². The van der Waals surface area contributed by atoms with Gasteiger partial charge in [0.15, 0.2) is 0 Å². The van der Waals surface area contributed by atoms with Crippen molar-refractivity contribution in [2.24, 2.45) is 7.05 Å². The molecule has 0 aliphatic rings. The average Bonchev–Trinajstić information content (AvgIpc) is 2.85. The highest BCUT2D eigenvalue weighted by molar-refractivity contribution is 5.20. The SMILES string of the molecule is Cn1nnnc1NCCCc1ncn[nH]1. The molecule has 80 valence electrons. The number of aryl methyl sites for hydroxylation is 2. The Morgan fingerprint density at radius 2 is 2.47 bits per heavy atom. The first-order valence-electron chi connectivity index (χ1n) is 4.67. The summed E-state index contributed by atoms with van der Waals surface area (Å²) < 4.78 is 1.59. The summed E-state index contributed by atoms with van der Waals surface area (Å²) in [5.41, 5.74) is 0. The molecule has 0 saturated carbocycles. The van der Waals surface area contributed by atoms with Crippen LogP contribution in [0.2, 0.25) is 0 Å². The van der Waals surface area contributed by atoms with Gasteiger partial charge in [-0.25, -0.2) is 9.67 Å². The second-order valence-electron chi connectivity index (χ2n) is 3.09. The predicted octanol–water partition coefficient (Wildman–Crippen LogP) is -0.627. The lowest BCUT2D eigenvalue weighted by atomic mass is 10.3. The van der Waals surface area contributed by atoms with E-state index in [0.29, 0.717) is 5.95 Å². The summed E-state index contributed by atoms with van der Waals surface area (Å²) >= 11 is 0. The quantitative estimate of drug-likeness (QED) is 0.635. The molecule has 2 rings (SSSR count). The van der Waals surface area contributed by atoms with Crippen LogP contribution in [0.25, 0.3) is 0 Å². The number of hydrogen-bond acceptors (Lipinski definition) is 6. The summed E-state index contributed by atoms with van der Waals surface area (Å²) in [5, 5.41) is 20.7. The van der Waals surface area contributed by atoms with E-state index in [1.54, 1.807) is 11.7 Å². The molecule has 0 aliphatic carbocycles. The standard InChI is InChI=1S/C7H12N8/c1-15-7(12-13-14-15)8-4-2-3-6-9-5-10-11-6/h5H,2-4H2,1H3,(H,8,12,14)(H,9,10,11). The lowest BCUT2D eigenvalue weighted by Crippen LogP contribution is -2.08. The summed E-state index contributed by atoms with van der Waals surface area (Å²) in [7, 11) is 1.79. The summed E-state index contributed by atoms with van der Waals surface area (Å²) in [5.74, 6) is 1.57. The van der Waals surface area contributed by atoms with E-state index in [1.807, 2.05) is 0 Å². The molecular weight excluding hydrogens is 196 g/mol. The fourth-order valence-corrected chi connectivity index (χ4v) is 1.19. The van der Waals surface area contributed by atoms with Gasteiger partial charge in [-0.1, -0.05) is 5.10 Å². The van der Waals surface area contributed by atoms with E-state index in [1.165, 1.54) is 6.33 Å². The van der Waals surface area contributed by atoms with Crippen LogP contribution in [0, 0.1) is 0 Å². The molecule has 0 fully saturated rings. The monoisotopic (exact) mass is 208 g/mol. The maximum absolute atomic E-state index is 4.03. The Kier molecular flexibility index (Phi) is 2.86. The number of hydrogen-bond donors (Lipinski definition) is 2. The van der Waals surface area contributed by atoms with Gasteiger partial charge in [0.2, 0.25) is 5.95 Å². The Bertz CT molecular complexity index is 391. The number of tetrazole rings is 1. The largest absolute Gasteiger partial charge is 0.353 e. The number of nitrogens with zero attached hydrogens (tertiary/aromatic N) is 6. The van der Waals surface area contributed by atoms with Crippen LogP contribution in [-0.4, -0.2) is 41.9 Å². The smallest absolute Gasteiger partial charge is 0.242 e. The first kappa shape index (κ1) is 9.56. The summed E-state index contributed by atoms with van der Waals surface area (Å²) in [6, 6.07) is 0. The minimum atomic E-state index is 0.674. The highest BCUT2D eigenvalue weighted by atomic mass is 15.6. The van der Waals surface area contributed by atoms with E-state index in [-0.39, 0.29) is 0 Å². The van der Waals surface area contributed by atoms with Crippen molar-refractivity contribution < 1.29 is 0 Å². The van der Waals surface area contributed by atoms with E-state index >= 15 is 0 Å². The van der Waals surface area contributed by atoms with Crippen molar-refractivity contribution in [1.29, 1.82) is 0 Å². The molecule has 8 nitrogen and oxygen atoms in total. The van der Waals surface area contributed by atoms with E-state index in [2.05, 4.69) is 36.0 Å². The van der Waals surface area contributed by atoms with Crippen molar-refractivity contribution in [1.82, 2.24) is 35.4 Å². The highest BCUT2D eigenvalue weighted by Crippen LogP contribution is 1.97. The fourth-order valence-electron chi connectivity index (χ4n) is 1.19.